The molecule has 0 aromatic heterocycles. The molecular weight excluding hydrogens is 242 g/mol. The highest BCUT2D eigenvalue weighted by Gasteiger charge is 2.23. The lowest BCUT2D eigenvalue weighted by Gasteiger charge is -2.16. The summed E-state index contributed by atoms with van der Waals surface area (Å²) >= 11 is 0. The minimum atomic E-state index is -0.0870. The van der Waals surface area contributed by atoms with Crippen molar-refractivity contribution < 1.29 is 9.59 Å². The molecule has 1 aromatic rings. The molecule has 0 fully saturated rings. The summed E-state index contributed by atoms with van der Waals surface area (Å²) < 4.78 is 0. The Bertz CT molecular complexity index is 513. The first-order valence-electron chi connectivity index (χ1n) is 6.34. The van der Waals surface area contributed by atoms with E-state index in [2.05, 4.69) is 11.4 Å². The second kappa shape index (κ2) is 5.30. The monoisotopic (exact) mass is 261 g/mol. The molecule has 0 spiro atoms. The Morgan fingerprint density at radius 3 is 2.89 bits per heavy atom. The summed E-state index contributed by atoms with van der Waals surface area (Å²) in [5, 5.41) is 2.59. The molecule has 2 rings (SSSR count). The maximum absolute atomic E-state index is 11.6. The number of nitrogens with zero attached hydrogens (tertiary/aromatic N) is 2. The molecular formula is C14H19N3O2. The minimum Gasteiger partial charge on any atom is -0.341 e. The number of urea groups is 1. The SMILES string of the molecule is CNC(=O)N(C)CCc1ccc2c(c1)CC(=O)N2C. The molecule has 0 saturated heterocycles. The van der Waals surface area contributed by atoms with Gasteiger partial charge >= 0.3 is 6.03 Å². The smallest absolute Gasteiger partial charge is 0.316 e. The summed E-state index contributed by atoms with van der Waals surface area (Å²) in [6.07, 6.45) is 1.26. The summed E-state index contributed by atoms with van der Waals surface area (Å²) in [6, 6.07) is 5.98. The Balaban J connectivity index is 2.02. The lowest BCUT2D eigenvalue weighted by Crippen LogP contribution is -2.36. The Kier molecular flexibility index (Phi) is 3.74. The van der Waals surface area contributed by atoms with Crippen molar-refractivity contribution in [2.45, 2.75) is 12.8 Å². The normalized spacial score (nSPS) is 13.4. The minimum absolute atomic E-state index is 0.0870. The number of carbonyl (C=O) groups is 2. The van der Waals surface area contributed by atoms with E-state index in [0.29, 0.717) is 13.0 Å². The summed E-state index contributed by atoms with van der Waals surface area (Å²) in [6.45, 7) is 0.655. The van der Waals surface area contributed by atoms with E-state index in [0.717, 1.165) is 23.2 Å². The van der Waals surface area contributed by atoms with E-state index < -0.39 is 0 Å². The molecule has 0 atom stereocenters. The Morgan fingerprint density at radius 1 is 1.47 bits per heavy atom. The first kappa shape index (κ1) is 13.4. The van der Waals surface area contributed by atoms with Gasteiger partial charge in [0.1, 0.15) is 0 Å². The van der Waals surface area contributed by atoms with Crippen LogP contribution in [-0.2, 0) is 17.6 Å². The molecule has 5 nitrogen and oxygen atoms in total. The molecule has 19 heavy (non-hydrogen) atoms. The number of amides is 3. The van der Waals surface area contributed by atoms with E-state index >= 15 is 0 Å². The standard InChI is InChI=1S/C14H19N3O2/c1-15-14(19)16(2)7-6-10-4-5-12-11(8-10)9-13(18)17(12)3/h4-5,8H,6-7,9H2,1-3H3,(H,15,19). The van der Waals surface area contributed by atoms with Crippen molar-refractivity contribution in [2.75, 3.05) is 32.6 Å². The van der Waals surface area contributed by atoms with Crippen LogP contribution in [0.3, 0.4) is 0 Å². The lowest BCUT2D eigenvalue weighted by molar-refractivity contribution is -0.117. The first-order chi connectivity index (χ1) is 9.02. The molecule has 0 unspecified atom stereocenters. The van der Waals surface area contributed by atoms with Crippen LogP contribution in [0.25, 0.3) is 0 Å². The van der Waals surface area contributed by atoms with E-state index in [4.69, 9.17) is 0 Å². The van der Waals surface area contributed by atoms with Crippen molar-refractivity contribution in [3.8, 4) is 0 Å². The topological polar surface area (TPSA) is 52.7 Å². The van der Waals surface area contributed by atoms with Crippen molar-refractivity contribution in [1.29, 1.82) is 0 Å². The summed E-state index contributed by atoms with van der Waals surface area (Å²) in [7, 11) is 5.19. The number of hydrogen-bond donors (Lipinski definition) is 1. The molecule has 0 radical (unpaired) electrons. The molecule has 0 saturated carbocycles. The van der Waals surface area contributed by atoms with Crippen molar-refractivity contribution in [2.24, 2.45) is 0 Å². The van der Waals surface area contributed by atoms with E-state index in [1.807, 2.05) is 12.1 Å². The number of carbonyl (C=O) groups excluding carboxylic acids is 2. The van der Waals surface area contributed by atoms with Gasteiger partial charge in [0.05, 0.1) is 6.42 Å². The second-order valence-electron chi connectivity index (χ2n) is 4.82. The maximum Gasteiger partial charge on any atom is 0.316 e. The molecule has 0 aliphatic carbocycles. The van der Waals surface area contributed by atoms with Gasteiger partial charge in [0.2, 0.25) is 5.91 Å². The molecule has 1 aromatic carbocycles. The number of likely N-dealkylation sites (N-methyl/N-ethyl adjacent to an activating group) is 2. The Hall–Kier alpha value is -2.04. The van der Waals surface area contributed by atoms with Crippen LogP contribution in [0.1, 0.15) is 11.1 Å². The fourth-order valence-corrected chi connectivity index (χ4v) is 2.27. The number of benzene rings is 1. The quantitative estimate of drug-likeness (QED) is 0.883. The van der Waals surface area contributed by atoms with Crippen LogP contribution in [0.5, 0.6) is 0 Å². The van der Waals surface area contributed by atoms with E-state index in [9.17, 15) is 9.59 Å². The van der Waals surface area contributed by atoms with Gasteiger partial charge in [-0.05, 0) is 23.6 Å². The van der Waals surface area contributed by atoms with Crippen LogP contribution < -0.4 is 10.2 Å². The van der Waals surface area contributed by atoms with Crippen molar-refractivity contribution in [3.63, 3.8) is 0 Å². The van der Waals surface area contributed by atoms with Gasteiger partial charge in [0.25, 0.3) is 0 Å². The second-order valence-corrected chi connectivity index (χ2v) is 4.82. The van der Waals surface area contributed by atoms with Crippen molar-refractivity contribution >= 4 is 17.6 Å². The largest absolute Gasteiger partial charge is 0.341 e. The fourth-order valence-electron chi connectivity index (χ4n) is 2.27. The van der Waals surface area contributed by atoms with Crippen LogP contribution in [0, 0.1) is 0 Å². The number of nitrogens with one attached hydrogen (secondary N) is 1. The molecule has 1 heterocycles. The number of rotatable bonds is 3. The molecule has 1 aliphatic rings. The highest BCUT2D eigenvalue weighted by molar-refractivity contribution is 6.00. The summed E-state index contributed by atoms with van der Waals surface area (Å²) in [4.78, 5) is 26.3. The molecule has 1 N–H and O–H groups in total. The van der Waals surface area contributed by atoms with E-state index in [1.165, 1.54) is 0 Å². The lowest BCUT2D eigenvalue weighted by atomic mass is 10.1. The Labute approximate surface area is 113 Å². The van der Waals surface area contributed by atoms with E-state index in [-0.39, 0.29) is 11.9 Å². The first-order valence-corrected chi connectivity index (χ1v) is 6.34. The number of anilines is 1. The third kappa shape index (κ3) is 2.70. The van der Waals surface area contributed by atoms with Crippen LogP contribution >= 0.6 is 0 Å². The zero-order valence-electron chi connectivity index (χ0n) is 11.6. The summed E-state index contributed by atoms with van der Waals surface area (Å²) in [5.74, 6) is 0.134. The predicted molar refractivity (Wildman–Crippen MR) is 74.3 cm³/mol. The van der Waals surface area contributed by atoms with Gasteiger partial charge in [0, 0.05) is 33.4 Å². The highest BCUT2D eigenvalue weighted by Crippen LogP contribution is 2.28. The van der Waals surface area contributed by atoms with Crippen LogP contribution in [0.4, 0.5) is 10.5 Å². The number of hydrogen-bond acceptors (Lipinski definition) is 2. The molecule has 102 valence electrons. The molecule has 0 bridgehead atoms. The number of fused-ring (bicyclic) bond motifs is 1. The van der Waals surface area contributed by atoms with Gasteiger partial charge in [-0.2, -0.15) is 0 Å². The van der Waals surface area contributed by atoms with Gasteiger partial charge in [-0.15, -0.1) is 0 Å². The zero-order chi connectivity index (χ0) is 14.0. The average molecular weight is 261 g/mol. The zero-order valence-corrected chi connectivity index (χ0v) is 11.6. The molecule has 3 amide bonds. The van der Waals surface area contributed by atoms with Gasteiger partial charge in [-0.1, -0.05) is 12.1 Å². The van der Waals surface area contributed by atoms with Gasteiger partial charge in [0.15, 0.2) is 0 Å². The van der Waals surface area contributed by atoms with Crippen LogP contribution in [0.2, 0.25) is 0 Å². The Morgan fingerprint density at radius 2 is 2.21 bits per heavy atom. The molecule has 5 heteroatoms. The fraction of sp³-hybridized carbons (Fsp3) is 0.429. The van der Waals surface area contributed by atoms with Crippen LogP contribution in [0.15, 0.2) is 18.2 Å². The maximum atomic E-state index is 11.6. The van der Waals surface area contributed by atoms with Gasteiger partial charge in [-0.25, -0.2) is 4.79 Å². The molecule has 1 aliphatic heterocycles. The predicted octanol–water partition coefficient (Wildman–Crippen LogP) is 1.02. The van der Waals surface area contributed by atoms with Gasteiger partial charge in [-0.3, -0.25) is 4.79 Å². The van der Waals surface area contributed by atoms with Crippen molar-refractivity contribution in [3.05, 3.63) is 29.3 Å². The van der Waals surface area contributed by atoms with E-state index in [1.54, 1.807) is 30.9 Å². The van der Waals surface area contributed by atoms with Crippen LogP contribution in [-0.4, -0.2) is 44.5 Å². The third-order valence-corrected chi connectivity index (χ3v) is 3.52. The third-order valence-electron chi connectivity index (χ3n) is 3.52. The van der Waals surface area contributed by atoms with Gasteiger partial charge < -0.3 is 15.1 Å². The summed E-state index contributed by atoms with van der Waals surface area (Å²) in [5.41, 5.74) is 3.22. The average Bonchev–Trinajstić information content (AvgIpc) is 2.70. The van der Waals surface area contributed by atoms with Crippen molar-refractivity contribution in [1.82, 2.24) is 10.2 Å². The highest BCUT2D eigenvalue weighted by atomic mass is 16.2.